The molecule has 2 heterocycles. The van der Waals surface area contributed by atoms with E-state index in [9.17, 15) is 9.59 Å². The van der Waals surface area contributed by atoms with Gasteiger partial charge in [-0.3, -0.25) is 14.2 Å². The van der Waals surface area contributed by atoms with Gasteiger partial charge in [-0.15, -0.1) is 0 Å². The Morgan fingerprint density at radius 2 is 1.86 bits per heavy atom. The minimum atomic E-state index is -0.560. The zero-order valence-corrected chi connectivity index (χ0v) is 16.6. The van der Waals surface area contributed by atoms with Crippen LogP contribution in [0.1, 0.15) is 37.3 Å². The summed E-state index contributed by atoms with van der Waals surface area (Å²) in [6, 6.07) is 9.61. The molecule has 0 spiro atoms. The molecule has 7 heteroatoms. The highest BCUT2D eigenvalue weighted by Crippen LogP contribution is 2.31. The first kappa shape index (κ1) is 18.7. The zero-order chi connectivity index (χ0) is 19.8. The van der Waals surface area contributed by atoms with E-state index < -0.39 is 11.1 Å². The highest BCUT2D eigenvalue weighted by Gasteiger charge is 2.27. The van der Waals surface area contributed by atoms with E-state index in [-0.39, 0.29) is 12.1 Å². The molecule has 1 fully saturated rings. The topological polar surface area (TPSA) is 66.1 Å². The summed E-state index contributed by atoms with van der Waals surface area (Å²) in [4.78, 5) is 29.5. The Kier molecular flexibility index (Phi) is 4.98. The van der Waals surface area contributed by atoms with E-state index >= 15 is 0 Å². The average molecular weight is 400 g/mol. The van der Waals surface area contributed by atoms with Gasteiger partial charge in [0.25, 0.3) is 0 Å². The number of rotatable bonds is 3. The van der Waals surface area contributed by atoms with Crippen LogP contribution in [0.5, 0.6) is 5.75 Å². The van der Waals surface area contributed by atoms with Crippen LogP contribution in [0.2, 0.25) is 5.02 Å². The first-order valence-corrected chi connectivity index (χ1v) is 9.82. The van der Waals surface area contributed by atoms with E-state index in [0.717, 1.165) is 37.0 Å². The largest absolute Gasteiger partial charge is 0.490 e. The second kappa shape index (κ2) is 7.43. The molecule has 6 nitrogen and oxygen atoms in total. The van der Waals surface area contributed by atoms with Crippen molar-refractivity contribution in [2.45, 2.75) is 44.8 Å². The van der Waals surface area contributed by atoms with Gasteiger partial charge in [-0.2, -0.15) is 0 Å². The van der Waals surface area contributed by atoms with E-state index in [2.05, 4.69) is 4.98 Å². The van der Waals surface area contributed by atoms with E-state index in [1.54, 1.807) is 17.7 Å². The molecule has 0 amide bonds. The standard InChI is InChI=1S/C21H22ClN3O3/c1-13-4-3-5-17(10-13)28-16-8-6-15(7-9-16)25-19-18(11-14(22)12-23-19)24(2)20(26)21(25)27/h3-5,10-12,15-16H,6-9H2,1-2H3. The molecular formula is C21H22ClN3O3. The number of hydrogen-bond acceptors (Lipinski definition) is 4. The fourth-order valence-electron chi connectivity index (χ4n) is 3.95. The molecule has 0 atom stereocenters. The van der Waals surface area contributed by atoms with Crippen molar-refractivity contribution in [2.75, 3.05) is 0 Å². The lowest BCUT2D eigenvalue weighted by atomic mass is 9.92. The third-order valence-electron chi connectivity index (χ3n) is 5.41. The molecule has 0 saturated heterocycles. The second-order valence-electron chi connectivity index (χ2n) is 7.40. The fraction of sp³-hybridized carbons (Fsp3) is 0.381. The van der Waals surface area contributed by atoms with Gasteiger partial charge in [0.2, 0.25) is 0 Å². The molecule has 1 aliphatic rings. The summed E-state index contributed by atoms with van der Waals surface area (Å²) in [5.41, 5.74) is 1.13. The highest BCUT2D eigenvalue weighted by molar-refractivity contribution is 6.31. The summed E-state index contributed by atoms with van der Waals surface area (Å²) in [6.45, 7) is 2.04. The van der Waals surface area contributed by atoms with Gasteiger partial charge in [0, 0.05) is 19.3 Å². The van der Waals surface area contributed by atoms with E-state index in [1.165, 1.54) is 10.8 Å². The van der Waals surface area contributed by atoms with Gasteiger partial charge < -0.3 is 9.30 Å². The molecule has 0 unspecified atom stereocenters. The van der Waals surface area contributed by atoms with Crippen molar-refractivity contribution >= 4 is 22.8 Å². The quantitative estimate of drug-likeness (QED) is 0.631. The molecule has 2 aromatic heterocycles. The van der Waals surface area contributed by atoms with Crippen molar-refractivity contribution in [3.63, 3.8) is 0 Å². The Labute approximate surface area is 167 Å². The first-order valence-electron chi connectivity index (χ1n) is 9.44. The summed E-state index contributed by atoms with van der Waals surface area (Å²) in [7, 11) is 1.57. The van der Waals surface area contributed by atoms with Crippen molar-refractivity contribution < 1.29 is 4.74 Å². The molecular weight excluding hydrogens is 378 g/mol. The van der Waals surface area contributed by atoms with E-state index in [0.29, 0.717) is 16.2 Å². The number of ether oxygens (including phenoxy) is 1. The van der Waals surface area contributed by atoms with Crippen LogP contribution in [0.3, 0.4) is 0 Å². The predicted octanol–water partition coefficient (Wildman–Crippen LogP) is 3.62. The van der Waals surface area contributed by atoms with Crippen LogP contribution in [-0.4, -0.2) is 20.2 Å². The predicted molar refractivity (Wildman–Crippen MR) is 109 cm³/mol. The third-order valence-corrected chi connectivity index (χ3v) is 5.62. The molecule has 146 valence electrons. The molecule has 3 aromatic rings. The van der Waals surface area contributed by atoms with Gasteiger partial charge in [-0.05, 0) is 56.4 Å². The van der Waals surface area contributed by atoms with E-state index in [4.69, 9.17) is 16.3 Å². The van der Waals surface area contributed by atoms with Crippen LogP contribution >= 0.6 is 11.6 Å². The monoisotopic (exact) mass is 399 g/mol. The van der Waals surface area contributed by atoms with Gasteiger partial charge in [-0.25, -0.2) is 4.98 Å². The maximum absolute atomic E-state index is 12.7. The van der Waals surface area contributed by atoms with Crippen LogP contribution in [0, 0.1) is 6.92 Å². The van der Waals surface area contributed by atoms with Crippen LogP contribution in [0.4, 0.5) is 0 Å². The maximum atomic E-state index is 12.7. The lowest BCUT2D eigenvalue weighted by Gasteiger charge is -2.30. The Bertz CT molecular complexity index is 1140. The summed E-state index contributed by atoms with van der Waals surface area (Å²) in [5.74, 6) is 0.871. The number of halogens is 1. The summed E-state index contributed by atoms with van der Waals surface area (Å²) in [5, 5.41) is 0.433. The molecule has 1 aliphatic carbocycles. The Morgan fingerprint density at radius 1 is 1.11 bits per heavy atom. The first-order chi connectivity index (χ1) is 13.4. The van der Waals surface area contributed by atoms with Gasteiger partial charge in [0.15, 0.2) is 5.65 Å². The Balaban J connectivity index is 1.61. The molecule has 1 aromatic carbocycles. The van der Waals surface area contributed by atoms with E-state index in [1.807, 2.05) is 31.2 Å². The van der Waals surface area contributed by atoms with Crippen LogP contribution in [-0.2, 0) is 7.05 Å². The van der Waals surface area contributed by atoms with Crippen molar-refractivity contribution in [3.05, 3.63) is 67.8 Å². The number of fused-ring (bicyclic) bond motifs is 1. The lowest BCUT2D eigenvalue weighted by Crippen LogP contribution is -2.43. The zero-order valence-electron chi connectivity index (χ0n) is 15.9. The lowest BCUT2D eigenvalue weighted by molar-refractivity contribution is 0.133. The minimum Gasteiger partial charge on any atom is -0.490 e. The van der Waals surface area contributed by atoms with Crippen LogP contribution in [0.15, 0.2) is 46.1 Å². The molecule has 1 saturated carbocycles. The van der Waals surface area contributed by atoms with Crippen molar-refractivity contribution in [2.24, 2.45) is 7.05 Å². The normalized spacial score (nSPS) is 19.7. The van der Waals surface area contributed by atoms with Crippen molar-refractivity contribution in [1.82, 2.24) is 14.1 Å². The maximum Gasteiger partial charge on any atom is 0.318 e. The fourth-order valence-corrected chi connectivity index (χ4v) is 4.10. The van der Waals surface area contributed by atoms with Crippen LogP contribution in [0.25, 0.3) is 11.2 Å². The number of hydrogen-bond donors (Lipinski definition) is 0. The smallest absolute Gasteiger partial charge is 0.318 e. The Morgan fingerprint density at radius 3 is 2.57 bits per heavy atom. The average Bonchev–Trinajstić information content (AvgIpc) is 2.68. The van der Waals surface area contributed by atoms with Gasteiger partial charge in [-0.1, -0.05) is 23.7 Å². The minimum absolute atomic E-state index is 0.0741. The second-order valence-corrected chi connectivity index (χ2v) is 7.84. The summed E-state index contributed by atoms with van der Waals surface area (Å²) in [6.07, 6.45) is 4.75. The molecule has 0 bridgehead atoms. The number of aromatic nitrogens is 3. The molecule has 0 N–H and O–H groups in total. The third kappa shape index (κ3) is 3.44. The molecule has 0 aliphatic heterocycles. The number of nitrogens with zero attached hydrogens (tertiary/aromatic N) is 3. The number of pyridine rings is 1. The molecule has 0 radical (unpaired) electrons. The van der Waals surface area contributed by atoms with Gasteiger partial charge >= 0.3 is 11.1 Å². The van der Waals surface area contributed by atoms with Crippen molar-refractivity contribution in [3.8, 4) is 5.75 Å². The van der Waals surface area contributed by atoms with Gasteiger partial charge in [0.1, 0.15) is 5.75 Å². The highest BCUT2D eigenvalue weighted by atomic mass is 35.5. The SMILES string of the molecule is Cc1cccc(OC2CCC(n3c(=O)c(=O)n(C)c4cc(Cl)cnc43)CC2)c1. The number of aryl methyl sites for hydroxylation is 2. The van der Waals surface area contributed by atoms with Crippen molar-refractivity contribution in [1.29, 1.82) is 0 Å². The summed E-state index contributed by atoms with van der Waals surface area (Å²) < 4.78 is 8.98. The molecule has 28 heavy (non-hydrogen) atoms. The van der Waals surface area contributed by atoms with Crippen LogP contribution < -0.4 is 15.9 Å². The summed E-state index contributed by atoms with van der Waals surface area (Å²) >= 11 is 6.05. The number of benzene rings is 1. The Hall–Kier alpha value is -2.60. The van der Waals surface area contributed by atoms with Gasteiger partial charge in [0.05, 0.1) is 16.6 Å². The molecule has 4 rings (SSSR count).